The minimum Gasteiger partial charge on any atom is -0.550 e. The van der Waals surface area contributed by atoms with Crippen LogP contribution in [-0.2, 0) is 45.4 Å². The minimum atomic E-state index is -1.08. The summed E-state index contributed by atoms with van der Waals surface area (Å²) in [5.41, 5.74) is 0. The number of carboxylic acids is 4. The largest absolute Gasteiger partial charge is 4.00 e. The van der Waals surface area contributed by atoms with E-state index in [-0.39, 0.29) is 51.9 Å². The summed E-state index contributed by atoms with van der Waals surface area (Å²) in [6.45, 7) is 0. The van der Waals surface area contributed by atoms with Gasteiger partial charge < -0.3 is 39.6 Å². The van der Waals surface area contributed by atoms with E-state index in [2.05, 4.69) is 0 Å². The molecule has 0 spiro atoms. The molecule has 0 aliphatic heterocycles. The molecular formula is C14H20O8Zr. The second-order valence-electron chi connectivity index (χ2n) is 4.61. The molecule has 0 heterocycles. The summed E-state index contributed by atoms with van der Waals surface area (Å²) in [5.74, 6) is -4.34. The molecule has 0 aliphatic rings. The van der Waals surface area contributed by atoms with Crippen molar-refractivity contribution < 1.29 is 65.8 Å². The molecule has 0 rings (SSSR count). The molecule has 23 heavy (non-hydrogen) atoms. The van der Waals surface area contributed by atoms with Gasteiger partial charge in [-0.25, -0.2) is 0 Å². The molecule has 0 aromatic carbocycles. The second kappa shape index (κ2) is 18.8. The topological polar surface area (TPSA) is 161 Å². The predicted octanol–water partition coefficient (Wildman–Crippen LogP) is -3.13. The maximum absolute atomic E-state index is 9.86. The van der Waals surface area contributed by atoms with Crippen LogP contribution in [0.15, 0.2) is 0 Å². The van der Waals surface area contributed by atoms with Crippen LogP contribution in [0.2, 0.25) is 0 Å². The molecule has 0 unspecified atom stereocenters. The summed E-state index contributed by atoms with van der Waals surface area (Å²) < 4.78 is 0. The van der Waals surface area contributed by atoms with Crippen molar-refractivity contribution in [1.29, 1.82) is 0 Å². The van der Waals surface area contributed by atoms with Crippen LogP contribution in [0.1, 0.15) is 64.2 Å². The van der Waals surface area contributed by atoms with Gasteiger partial charge in [-0.05, 0) is 51.4 Å². The molecular weight excluding hydrogens is 387 g/mol. The third-order valence-electron chi connectivity index (χ3n) is 2.52. The van der Waals surface area contributed by atoms with Crippen LogP contribution in [0.3, 0.4) is 0 Å². The summed E-state index contributed by atoms with van der Waals surface area (Å²) in [5, 5.41) is 39.4. The average Bonchev–Trinajstić information content (AvgIpc) is 2.37. The van der Waals surface area contributed by atoms with Crippen LogP contribution in [0.4, 0.5) is 0 Å². The van der Waals surface area contributed by atoms with Gasteiger partial charge in [-0.3, -0.25) is 0 Å². The monoisotopic (exact) mass is 406 g/mol. The van der Waals surface area contributed by atoms with E-state index in [1.54, 1.807) is 0 Å². The maximum Gasteiger partial charge on any atom is 4.00 e. The van der Waals surface area contributed by atoms with E-state index < -0.39 is 23.9 Å². The van der Waals surface area contributed by atoms with Gasteiger partial charge in [-0.2, -0.15) is 0 Å². The Kier molecular flexibility index (Phi) is 21.8. The van der Waals surface area contributed by atoms with Crippen LogP contribution < -0.4 is 20.4 Å². The molecule has 0 bridgehead atoms. The molecule has 0 aliphatic carbocycles. The molecule has 0 radical (unpaired) electrons. The Morgan fingerprint density at radius 3 is 0.739 bits per heavy atom. The Morgan fingerprint density at radius 1 is 0.435 bits per heavy atom. The van der Waals surface area contributed by atoms with Crippen LogP contribution >= 0.6 is 0 Å². The fourth-order valence-electron chi connectivity index (χ4n) is 1.43. The van der Waals surface area contributed by atoms with E-state index in [9.17, 15) is 39.6 Å². The van der Waals surface area contributed by atoms with E-state index in [4.69, 9.17) is 0 Å². The van der Waals surface area contributed by atoms with Crippen LogP contribution in [0.5, 0.6) is 0 Å². The molecule has 128 valence electrons. The van der Waals surface area contributed by atoms with Crippen LogP contribution in [-0.4, -0.2) is 23.9 Å². The summed E-state index contributed by atoms with van der Waals surface area (Å²) >= 11 is 0. The van der Waals surface area contributed by atoms with E-state index in [1.165, 1.54) is 0 Å². The third kappa shape index (κ3) is 33.5. The Hall–Kier alpha value is -1.24. The smallest absolute Gasteiger partial charge is 0.550 e. The summed E-state index contributed by atoms with van der Waals surface area (Å²) in [7, 11) is 0. The van der Waals surface area contributed by atoms with E-state index in [0.717, 1.165) is 0 Å². The molecule has 0 saturated carbocycles. The summed E-state index contributed by atoms with van der Waals surface area (Å²) in [4.78, 5) is 39.4. The minimum absolute atomic E-state index is 0. The number of aliphatic carboxylic acids is 4. The first-order chi connectivity index (χ1) is 10.3. The second-order valence-corrected chi connectivity index (χ2v) is 4.61. The number of carboxylic acid groups (broad SMARTS) is 4. The first-order valence-corrected chi connectivity index (χ1v) is 7.05. The normalized spacial score (nSPS) is 9.04. The number of hydrogen-bond donors (Lipinski definition) is 0. The van der Waals surface area contributed by atoms with Gasteiger partial charge in [-0.1, -0.05) is 12.8 Å². The molecule has 0 saturated heterocycles. The molecule has 8 nitrogen and oxygen atoms in total. The summed E-state index contributed by atoms with van der Waals surface area (Å²) in [6, 6.07) is 0. The first kappa shape index (κ1) is 26.6. The van der Waals surface area contributed by atoms with Gasteiger partial charge in [-0.15, -0.1) is 0 Å². The predicted molar refractivity (Wildman–Crippen MR) is 66.2 cm³/mol. The van der Waals surface area contributed by atoms with Crippen molar-refractivity contribution >= 4 is 23.9 Å². The van der Waals surface area contributed by atoms with Crippen LogP contribution in [0, 0.1) is 0 Å². The van der Waals surface area contributed by atoms with E-state index in [1.807, 2.05) is 0 Å². The zero-order valence-corrected chi connectivity index (χ0v) is 15.3. The zero-order valence-electron chi connectivity index (χ0n) is 12.8. The SMILES string of the molecule is O=C([O-])CCCCCC(=O)[O-].O=C([O-])CCCCCC(=O)[O-].[Zr+4]. The van der Waals surface area contributed by atoms with Gasteiger partial charge in [0.2, 0.25) is 0 Å². The van der Waals surface area contributed by atoms with Crippen molar-refractivity contribution in [3.63, 3.8) is 0 Å². The fourth-order valence-corrected chi connectivity index (χ4v) is 1.43. The maximum atomic E-state index is 9.86. The first-order valence-electron chi connectivity index (χ1n) is 7.05. The molecule has 0 amide bonds. The number of hydrogen-bond acceptors (Lipinski definition) is 8. The van der Waals surface area contributed by atoms with Gasteiger partial charge in [0, 0.05) is 23.9 Å². The Labute approximate surface area is 154 Å². The molecule has 0 aromatic heterocycles. The fraction of sp³-hybridized carbons (Fsp3) is 0.714. The standard InChI is InChI=1S/2C7H12O4.Zr/c2*8-6(9)4-2-1-3-5-7(10)11;/h2*1-5H2,(H,8,9)(H,10,11);/q;;+4/p-4. The number of rotatable bonds is 12. The number of carbonyl (C=O) groups is 4. The van der Waals surface area contributed by atoms with Gasteiger partial charge in [0.1, 0.15) is 0 Å². The van der Waals surface area contributed by atoms with Gasteiger partial charge in [0.15, 0.2) is 0 Å². The summed E-state index contributed by atoms with van der Waals surface area (Å²) in [6.07, 6.45) is 3.15. The van der Waals surface area contributed by atoms with Crippen molar-refractivity contribution in [2.24, 2.45) is 0 Å². The van der Waals surface area contributed by atoms with Crippen LogP contribution in [0.25, 0.3) is 0 Å². The van der Waals surface area contributed by atoms with E-state index in [0.29, 0.717) is 38.5 Å². The molecule has 9 heteroatoms. The van der Waals surface area contributed by atoms with Crippen molar-refractivity contribution in [2.75, 3.05) is 0 Å². The van der Waals surface area contributed by atoms with Gasteiger partial charge >= 0.3 is 26.2 Å². The van der Waals surface area contributed by atoms with Crippen molar-refractivity contribution in [3.05, 3.63) is 0 Å². The third-order valence-corrected chi connectivity index (χ3v) is 2.52. The van der Waals surface area contributed by atoms with Crippen molar-refractivity contribution in [3.8, 4) is 0 Å². The van der Waals surface area contributed by atoms with Crippen molar-refractivity contribution in [1.82, 2.24) is 0 Å². The molecule has 0 aromatic rings. The average molecular weight is 408 g/mol. The van der Waals surface area contributed by atoms with Gasteiger partial charge in [0.05, 0.1) is 0 Å². The Morgan fingerprint density at radius 2 is 0.609 bits per heavy atom. The number of unbranched alkanes of at least 4 members (excludes halogenated alkanes) is 4. The quantitative estimate of drug-likeness (QED) is 0.307. The molecule has 0 atom stereocenters. The molecule has 0 fully saturated rings. The van der Waals surface area contributed by atoms with Gasteiger partial charge in [0.25, 0.3) is 0 Å². The van der Waals surface area contributed by atoms with Crippen molar-refractivity contribution in [2.45, 2.75) is 64.2 Å². The Bertz CT molecular complexity index is 291. The van der Waals surface area contributed by atoms with E-state index >= 15 is 0 Å². The number of carbonyl (C=O) groups excluding carboxylic acids is 4. The Balaban J connectivity index is -0.000000333. The zero-order chi connectivity index (χ0) is 17.4. The molecule has 0 N–H and O–H groups in total.